The lowest BCUT2D eigenvalue weighted by atomic mass is 10.0. The third kappa shape index (κ3) is 6.49. The van der Waals surface area contributed by atoms with Gasteiger partial charge in [-0.2, -0.15) is 0 Å². The van der Waals surface area contributed by atoms with Crippen molar-refractivity contribution in [3.63, 3.8) is 0 Å². The molecule has 0 aliphatic heterocycles. The third-order valence-electron chi connectivity index (χ3n) is 3.69. The SMILES string of the molecule is C=C(CCc1ccc(Cl)c(F)c1)NC(C)CC(CC)NC. The monoisotopic (exact) mass is 312 g/mol. The lowest BCUT2D eigenvalue weighted by Gasteiger charge is -2.22. The van der Waals surface area contributed by atoms with Gasteiger partial charge in [0.2, 0.25) is 0 Å². The van der Waals surface area contributed by atoms with Crippen LogP contribution in [0.2, 0.25) is 5.02 Å². The van der Waals surface area contributed by atoms with Gasteiger partial charge in [-0.15, -0.1) is 0 Å². The van der Waals surface area contributed by atoms with Crippen molar-refractivity contribution in [2.24, 2.45) is 0 Å². The fraction of sp³-hybridized carbons (Fsp3) is 0.529. The zero-order valence-corrected chi connectivity index (χ0v) is 13.9. The van der Waals surface area contributed by atoms with E-state index in [2.05, 4.69) is 31.1 Å². The van der Waals surface area contributed by atoms with Crippen molar-refractivity contribution in [2.45, 2.75) is 51.6 Å². The zero-order chi connectivity index (χ0) is 15.8. The Kier molecular flexibility index (Phi) is 7.76. The van der Waals surface area contributed by atoms with Gasteiger partial charge < -0.3 is 10.6 Å². The van der Waals surface area contributed by atoms with E-state index in [-0.39, 0.29) is 10.8 Å². The summed E-state index contributed by atoms with van der Waals surface area (Å²) in [5.74, 6) is -0.360. The molecule has 2 nitrogen and oxygen atoms in total. The molecule has 2 N–H and O–H groups in total. The molecule has 2 atom stereocenters. The summed E-state index contributed by atoms with van der Waals surface area (Å²) in [6.07, 6.45) is 3.72. The van der Waals surface area contributed by atoms with Gasteiger partial charge in [-0.3, -0.25) is 0 Å². The smallest absolute Gasteiger partial charge is 0.142 e. The van der Waals surface area contributed by atoms with Crippen LogP contribution in [-0.4, -0.2) is 19.1 Å². The maximum atomic E-state index is 13.4. The van der Waals surface area contributed by atoms with Crippen LogP contribution in [0.5, 0.6) is 0 Å². The molecule has 0 aromatic heterocycles. The van der Waals surface area contributed by atoms with Crippen LogP contribution in [0.15, 0.2) is 30.5 Å². The average Bonchev–Trinajstić information content (AvgIpc) is 2.46. The second-order valence-electron chi connectivity index (χ2n) is 5.53. The van der Waals surface area contributed by atoms with E-state index in [9.17, 15) is 4.39 Å². The average molecular weight is 313 g/mol. The molecular formula is C17H26ClFN2. The maximum Gasteiger partial charge on any atom is 0.142 e. The number of aryl methyl sites for hydroxylation is 1. The van der Waals surface area contributed by atoms with Crippen molar-refractivity contribution in [1.29, 1.82) is 0 Å². The Labute approximate surface area is 132 Å². The van der Waals surface area contributed by atoms with Crippen LogP contribution in [0.25, 0.3) is 0 Å². The summed E-state index contributed by atoms with van der Waals surface area (Å²) in [6.45, 7) is 8.40. The first-order valence-corrected chi connectivity index (χ1v) is 7.89. The van der Waals surface area contributed by atoms with E-state index in [4.69, 9.17) is 11.6 Å². The zero-order valence-electron chi connectivity index (χ0n) is 13.2. The van der Waals surface area contributed by atoms with E-state index in [1.54, 1.807) is 6.07 Å². The van der Waals surface area contributed by atoms with Crippen molar-refractivity contribution < 1.29 is 4.39 Å². The number of hydrogen-bond acceptors (Lipinski definition) is 2. The number of benzene rings is 1. The largest absolute Gasteiger partial charge is 0.386 e. The van der Waals surface area contributed by atoms with Crippen LogP contribution in [0.3, 0.4) is 0 Å². The first kappa shape index (κ1) is 18.0. The highest BCUT2D eigenvalue weighted by Crippen LogP contribution is 2.17. The molecule has 1 rings (SSSR count). The molecule has 0 fully saturated rings. The Balaban J connectivity index is 2.38. The normalized spacial score (nSPS) is 13.8. The minimum Gasteiger partial charge on any atom is -0.386 e. The molecule has 0 amide bonds. The molecule has 0 saturated heterocycles. The maximum absolute atomic E-state index is 13.4. The van der Waals surface area contributed by atoms with Crippen molar-refractivity contribution in [3.8, 4) is 0 Å². The molecule has 0 bridgehead atoms. The third-order valence-corrected chi connectivity index (χ3v) is 4.00. The first-order valence-electron chi connectivity index (χ1n) is 7.51. The standard InChI is InChI=1S/C17H26ClFN2/c1-5-15(20-4)10-13(3)21-12(2)6-7-14-8-9-16(18)17(19)11-14/h8-9,11,13,15,20-21H,2,5-7,10H2,1,3-4H3. The quantitative estimate of drug-likeness (QED) is 0.710. The summed E-state index contributed by atoms with van der Waals surface area (Å²) in [5, 5.41) is 6.89. The fourth-order valence-corrected chi connectivity index (χ4v) is 2.50. The summed E-state index contributed by atoms with van der Waals surface area (Å²) in [6, 6.07) is 5.84. The molecule has 4 heteroatoms. The van der Waals surface area contributed by atoms with Crippen molar-refractivity contribution in [1.82, 2.24) is 10.6 Å². The van der Waals surface area contributed by atoms with Gasteiger partial charge in [0.05, 0.1) is 5.02 Å². The lowest BCUT2D eigenvalue weighted by molar-refractivity contribution is 0.435. The van der Waals surface area contributed by atoms with Crippen LogP contribution in [0.4, 0.5) is 4.39 Å². The molecule has 21 heavy (non-hydrogen) atoms. The Morgan fingerprint density at radius 2 is 2.14 bits per heavy atom. The second-order valence-corrected chi connectivity index (χ2v) is 5.93. The summed E-state index contributed by atoms with van der Waals surface area (Å²) in [7, 11) is 1.99. The number of nitrogens with one attached hydrogen (secondary N) is 2. The Bertz CT molecular complexity index is 458. The Morgan fingerprint density at radius 1 is 1.43 bits per heavy atom. The summed E-state index contributed by atoms with van der Waals surface area (Å²) in [4.78, 5) is 0. The van der Waals surface area contributed by atoms with E-state index < -0.39 is 0 Å². The fourth-order valence-electron chi connectivity index (χ4n) is 2.39. The molecule has 2 unspecified atom stereocenters. The summed E-state index contributed by atoms with van der Waals surface area (Å²) < 4.78 is 13.4. The van der Waals surface area contributed by atoms with Gasteiger partial charge in [-0.1, -0.05) is 31.2 Å². The molecule has 0 aliphatic carbocycles. The van der Waals surface area contributed by atoms with E-state index in [0.717, 1.165) is 36.9 Å². The number of rotatable bonds is 9. The minimum absolute atomic E-state index is 0.169. The minimum atomic E-state index is -0.360. The van der Waals surface area contributed by atoms with Gasteiger partial charge in [0.25, 0.3) is 0 Å². The van der Waals surface area contributed by atoms with Gasteiger partial charge >= 0.3 is 0 Å². The molecule has 1 aromatic carbocycles. The lowest BCUT2D eigenvalue weighted by Crippen LogP contribution is -2.34. The van der Waals surface area contributed by atoms with Crippen LogP contribution >= 0.6 is 11.6 Å². The predicted molar refractivity (Wildman–Crippen MR) is 89.2 cm³/mol. The van der Waals surface area contributed by atoms with E-state index in [0.29, 0.717) is 12.1 Å². The molecule has 0 radical (unpaired) electrons. The number of allylic oxidation sites excluding steroid dienone is 1. The van der Waals surface area contributed by atoms with E-state index in [1.165, 1.54) is 6.07 Å². The Morgan fingerprint density at radius 3 is 2.71 bits per heavy atom. The molecular weight excluding hydrogens is 287 g/mol. The molecule has 118 valence electrons. The molecule has 0 spiro atoms. The summed E-state index contributed by atoms with van der Waals surface area (Å²) >= 11 is 5.68. The van der Waals surface area contributed by atoms with E-state index in [1.807, 2.05) is 13.1 Å². The highest BCUT2D eigenvalue weighted by atomic mass is 35.5. The first-order chi connectivity index (χ1) is 9.96. The highest BCUT2D eigenvalue weighted by Gasteiger charge is 2.10. The van der Waals surface area contributed by atoms with Crippen molar-refractivity contribution in [3.05, 3.63) is 46.9 Å². The van der Waals surface area contributed by atoms with E-state index >= 15 is 0 Å². The van der Waals surface area contributed by atoms with Gasteiger partial charge in [0.1, 0.15) is 5.82 Å². The van der Waals surface area contributed by atoms with Crippen LogP contribution in [-0.2, 0) is 6.42 Å². The van der Waals surface area contributed by atoms with Crippen LogP contribution in [0, 0.1) is 5.82 Å². The highest BCUT2D eigenvalue weighted by molar-refractivity contribution is 6.30. The van der Waals surface area contributed by atoms with Gasteiger partial charge in [-0.05, 0) is 57.4 Å². The molecule has 0 aliphatic rings. The van der Waals surface area contributed by atoms with Crippen LogP contribution in [0.1, 0.15) is 38.7 Å². The summed E-state index contributed by atoms with van der Waals surface area (Å²) in [5.41, 5.74) is 1.93. The van der Waals surface area contributed by atoms with Gasteiger partial charge in [0, 0.05) is 17.8 Å². The van der Waals surface area contributed by atoms with Gasteiger partial charge in [-0.25, -0.2) is 4.39 Å². The van der Waals surface area contributed by atoms with Gasteiger partial charge in [0.15, 0.2) is 0 Å². The van der Waals surface area contributed by atoms with Crippen LogP contribution < -0.4 is 10.6 Å². The topological polar surface area (TPSA) is 24.1 Å². The molecule has 0 heterocycles. The van der Waals surface area contributed by atoms with Crippen molar-refractivity contribution in [2.75, 3.05) is 7.05 Å². The van der Waals surface area contributed by atoms with Crippen molar-refractivity contribution >= 4 is 11.6 Å². The second kappa shape index (κ2) is 9.06. The number of hydrogen-bond donors (Lipinski definition) is 2. The predicted octanol–water partition coefficient (Wildman–Crippen LogP) is 4.29. The molecule has 0 saturated carbocycles. The molecule has 1 aromatic rings. The Hall–Kier alpha value is -1.06. The number of halogens is 2.